The largest absolute Gasteiger partial charge is 0.352 e. The monoisotopic (exact) mass is 323 g/mol. The number of anilines is 1. The van der Waals surface area contributed by atoms with Crippen molar-refractivity contribution in [2.24, 2.45) is 0 Å². The van der Waals surface area contributed by atoms with Crippen molar-refractivity contribution in [1.29, 1.82) is 0 Å². The first kappa shape index (κ1) is 15.5. The van der Waals surface area contributed by atoms with Gasteiger partial charge in [0.2, 0.25) is 0 Å². The topological polar surface area (TPSA) is 29.0 Å². The lowest BCUT2D eigenvalue weighted by atomic mass is 10.2. The van der Waals surface area contributed by atoms with Gasteiger partial charge in [0.25, 0.3) is 0 Å². The molecule has 0 saturated heterocycles. The van der Waals surface area contributed by atoms with Crippen LogP contribution in [0.25, 0.3) is 0 Å². The molecule has 0 aliphatic carbocycles. The van der Waals surface area contributed by atoms with Crippen molar-refractivity contribution in [2.75, 3.05) is 11.4 Å². The number of aromatic nitrogens is 2. The summed E-state index contributed by atoms with van der Waals surface area (Å²) in [6, 6.07) is 19.9. The minimum atomic E-state index is 0.756. The van der Waals surface area contributed by atoms with Gasteiger partial charge in [-0.25, -0.2) is 4.98 Å². The van der Waals surface area contributed by atoms with Crippen molar-refractivity contribution in [3.63, 3.8) is 0 Å². The first-order valence-corrected chi connectivity index (χ1v) is 7.99. The summed E-state index contributed by atoms with van der Waals surface area (Å²) in [6.45, 7) is 1.65. The Balaban J connectivity index is 1.75. The molecular weight excluding hydrogens is 306 g/mol. The Hall–Kier alpha value is -2.39. The zero-order valence-corrected chi connectivity index (χ0v) is 13.5. The average molecular weight is 324 g/mol. The maximum Gasteiger partial charge on any atom is 0.128 e. The van der Waals surface area contributed by atoms with Gasteiger partial charge in [-0.05, 0) is 42.0 Å². The van der Waals surface area contributed by atoms with E-state index in [9.17, 15) is 0 Å². The summed E-state index contributed by atoms with van der Waals surface area (Å²) in [5.41, 5.74) is 2.30. The van der Waals surface area contributed by atoms with E-state index < -0.39 is 0 Å². The van der Waals surface area contributed by atoms with Crippen LogP contribution >= 0.6 is 11.6 Å². The fourth-order valence-electron chi connectivity index (χ4n) is 2.42. The minimum Gasteiger partial charge on any atom is -0.352 e. The summed E-state index contributed by atoms with van der Waals surface area (Å²) in [5, 5.41) is 0.756. The van der Waals surface area contributed by atoms with Crippen LogP contribution in [0.1, 0.15) is 11.3 Å². The Labute approximate surface area is 141 Å². The molecule has 0 aliphatic heterocycles. The van der Waals surface area contributed by atoms with Crippen LogP contribution in [0.15, 0.2) is 73.1 Å². The van der Waals surface area contributed by atoms with Crippen molar-refractivity contribution in [3.8, 4) is 0 Å². The standard InChI is InChI=1S/C19H18ClN3/c20-17-9-7-16(8-10-17)15-23(19-6-2-4-13-22-19)14-11-18-5-1-3-12-21-18/h1-10,12-13H,11,14-15H2. The van der Waals surface area contributed by atoms with Crippen LogP contribution in [0.2, 0.25) is 5.02 Å². The third-order valence-electron chi connectivity index (χ3n) is 3.62. The van der Waals surface area contributed by atoms with Crippen molar-refractivity contribution >= 4 is 17.4 Å². The lowest BCUT2D eigenvalue weighted by molar-refractivity contribution is 0.758. The van der Waals surface area contributed by atoms with E-state index >= 15 is 0 Å². The summed E-state index contributed by atoms with van der Waals surface area (Å²) in [7, 11) is 0. The van der Waals surface area contributed by atoms with Gasteiger partial charge in [0, 0.05) is 42.6 Å². The third-order valence-corrected chi connectivity index (χ3v) is 3.88. The predicted molar refractivity (Wildman–Crippen MR) is 94.7 cm³/mol. The summed E-state index contributed by atoms with van der Waals surface area (Å²) in [4.78, 5) is 11.1. The molecule has 0 bridgehead atoms. The number of nitrogens with zero attached hydrogens (tertiary/aromatic N) is 3. The molecule has 1 aromatic carbocycles. The third kappa shape index (κ3) is 4.54. The molecule has 0 saturated carbocycles. The van der Waals surface area contributed by atoms with Gasteiger partial charge in [0.15, 0.2) is 0 Å². The summed E-state index contributed by atoms with van der Waals surface area (Å²) >= 11 is 5.97. The van der Waals surface area contributed by atoms with Gasteiger partial charge in [-0.15, -0.1) is 0 Å². The van der Waals surface area contributed by atoms with Crippen LogP contribution in [0.4, 0.5) is 5.82 Å². The van der Waals surface area contributed by atoms with Crippen LogP contribution < -0.4 is 4.90 Å². The molecule has 2 aromatic heterocycles. The van der Waals surface area contributed by atoms with E-state index in [4.69, 9.17) is 11.6 Å². The lowest BCUT2D eigenvalue weighted by Crippen LogP contribution is -2.26. The second-order valence-corrected chi connectivity index (χ2v) is 5.74. The van der Waals surface area contributed by atoms with Gasteiger partial charge >= 0.3 is 0 Å². The first-order chi connectivity index (χ1) is 11.3. The van der Waals surface area contributed by atoms with E-state index in [1.54, 1.807) is 0 Å². The van der Waals surface area contributed by atoms with E-state index in [0.717, 1.165) is 36.0 Å². The first-order valence-electron chi connectivity index (χ1n) is 7.61. The molecule has 0 spiro atoms. The molecule has 0 radical (unpaired) electrons. The molecule has 116 valence electrons. The van der Waals surface area contributed by atoms with Crippen molar-refractivity contribution < 1.29 is 0 Å². The van der Waals surface area contributed by atoms with E-state index in [2.05, 4.69) is 33.1 Å². The molecular formula is C19H18ClN3. The highest BCUT2D eigenvalue weighted by Gasteiger charge is 2.09. The van der Waals surface area contributed by atoms with E-state index in [0.29, 0.717) is 0 Å². The van der Waals surface area contributed by atoms with E-state index in [1.807, 2.05) is 54.9 Å². The van der Waals surface area contributed by atoms with Crippen LogP contribution in [0.5, 0.6) is 0 Å². The molecule has 0 atom stereocenters. The van der Waals surface area contributed by atoms with Crippen molar-refractivity contribution in [2.45, 2.75) is 13.0 Å². The quantitative estimate of drug-likeness (QED) is 0.674. The highest BCUT2D eigenvalue weighted by atomic mass is 35.5. The predicted octanol–water partition coefficient (Wildman–Crippen LogP) is 4.38. The zero-order valence-electron chi connectivity index (χ0n) is 12.8. The Morgan fingerprint density at radius 3 is 2.22 bits per heavy atom. The van der Waals surface area contributed by atoms with E-state index in [-0.39, 0.29) is 0 Å². The van der Waals surface area contributed by atoms with Gasteiger partial charge in [-0.1, -0.05) is 35.9 Å². The average Bonchev–Trinajstić information content (AvgIpc) is 2.62. The van der Waals surface area contributed by atoms with E-state index in [1.165, 1.54) is 5.56 Å². The summed E-state index contributed by atoms with van der Waals surface area (Å²) in [6.07, 6.45) is 4.54. The van der Waals surface area contributed by atoms with Crippen LogP contribution in [0.3, 0.4) is 0 Å². The smallest absolute Gasteiger partial charge is 0.128 e. The van der Waals surface area contributed by atoms with Gasteiger partial charge in [-0.3, -0.25) is 4.98 Å². The van der Waals surface area contributed by atoms with Gasteiger partial charge in [0.05, 0.1) is 0 Å². The fraction of sp³-hybridized carbons (Fsp3) is 0.158. The Kier molecular flexibility index (Phi) is 5.22. The molecule has 0 amide bonds. The molecule has 0 fully saturated rings. The number of halogens is 1. The number of pyridine rings is 2. The Bertz CT molecular complexity index is 715. The molecule has 0 aliphatic rings. The second-order valence-electron chi connectivity index (χ2n) is 5.31. The van der Waals surface area contributed by atoms with Crippen molar-refractivity contribution in [1.82, 2.24) is 9.97 Å². The molecule has 2 heterocycles. The zero-order chi connectivity index (χ0) is 15.9. The van der Waals surface area contributed by atoms with Crippen molar-refractivity contribution in [3.05, 3.63) is 89.3 Å². The molecule has 3 nitrogen and oxygen atoms in total. The molecule has 0 N–H and O–H groups in total. The minimum absolute atomic E-state index is 0.756. The van der Waals surface area contributed by atoms with Crippen LogP contribution in [-0.2, 0) is 13.0 Å². The number of hydrogen-bond acceptors (Lipinski definition) is 3. The number of rotatable bonds is 6. The van der Waals surface area contributed by atoms with Crippen LogP contribution in [0, 0.1) is 0 Å². The second kappa shape index (κ2) is 7.75. The molecule has 3 aromatic rings. The highest BCUT2D eigenvalue weighted by Crippen LogP contribution is 2.16. The summed E-state index contributed by atoms with van der Waals surface area (Å²) < 4.78 is 0. The molecule has 0 unspecified atom stereocenters. The van der Waals surface area contributed by atoms with Crippen LogP contribution in [-0.4, -0.2) is 16.5 Å². The number of hydrogen-bond donors (Lipinski definition) is 0. The summed E-state index contributed by atoms with van der Waals surface area (Å²) in [5.74, 6) is 0.971. The highest BCUT2D eigenvalue weighted by molar-refractivity contribution is 6.30. The fourth-order valence-corrected chi connectivity index (χ4v) is 2.55. The molecule has 23 heavy (non-hydrogen) atoms. The Morgan fingerprint density at radius 2 is 1.57 bits per heavy atom. The van der Waals surface area contributed by atoms with Gasteiger partial charge in [-0.2, -0.15) is 0 Å². The number of benzene rings is 1. The maximum absolute atomic E-state index is 5.97. The maximum atomic E-state index is 5.97. The normalized spacial score (nSPS) is 10.5. The van der Waals surface area contributed by atoms with Gasteiger partial charge in [0.1, 0.15) is 5.82 Å². The molecule has 3 rings (SSSR count). The SMILES string of the molecule is Clc1ccc(CN(CCc2ccccn2)c2ccccn2)cc1. The lowest BCUT2D eigenvalue weighted by Gasteiger charge is -2.23. The molecule has 4 heteroatoms. The Morgan fingerprint density at radius 1 is 0.826 bits per heavy atom. The van der Waals surface area contributed by atoms with Gasteiger partial charge < -0.3 is 4.90 Å².